The first-order chi connectivity index (χ1) is 9.68. The third-order valence-electron chi connectivity index (χ3n) is 3.70. The Hall–Kier alpha value is -1.42. The van der Waals surface area contributed by atoms with Crippen molar-refractivity contribution in [2.24, 2.45) is 5.73 Å². The minimum atomic E-state index is -2.82. The predicted molar refractivity (Wildman–Crippen MR) is 75.8 cm³/mol. The second-order valence-electron chi connectivity index (χ2n) is 5.13. The first-order valence-electron chi connectivity index (χ1n) is 7.16. The summed E-state index contributed by atoms with van der Waals surface area (Å²) in [7, 11) is 0. The van der Waals surface area contributed by atoms with Crippen molar-refractivity contribution in [2.45, 2.75) is 51.2 Å². The largest absolute Gasteiger partial charge is 0.434 e. The van der Waals surface area contributed by atoms with Crippen molar-refractivity contribution < 1.29 is 13.5 Å². The van der Waals surface area contributed by atoms with Crippen molar-refractivity contribution in [2.75, 3.05) is 0 Å². The molecule has 1 aliphatic rings. The molecule has 0 fully saturated rings. The molecule has 0 aromatic heterocycles. The number of rotatable bonds is 4. The monoisotopic (exact) mass is 281 g/mol. The van der Waals surface area contributed by atoms with Crippen LogP contribution < -0.4 is 10.5 Å². The van der Waals surface area contributed by atoms with Crippen molar-refractivity contribution in [3.05, 3.63) is 41.5 Å². The molecule has 1 atom stereocenters. The lowest BCUT2D eigenvalue weighted by atomic mass is 9.91. The van der Waals surface area contributed by atoms with E-state index in [9.17, 15) is 8.78 Å². The number of hydrogen-bond acceptors (Lipinski definition) is 2. The molecular formula is C16H21F2NO. The number of halogens is 2. The van der Waals surface area contributed by atoms with Gasteiger partial charge in [-0.25, -0.2) is 0 Å². The quantitative estimate of drug-likeness (QED) is 0.821. The summed E-state index contributed by atoms with van der Waals surface area (Å²) in [5, 5.41) is 0. The van der Waals surface area contributed by atoms with Crippen molar-refractivity contribution in [1.82, 2.24) is 0 Å². The van der Waals surface area contributed by atoms with Crippen LogP contribution in [0.2, 0.25) is 0 Å². The lowest BCUT2D eigenvalue weighted by Gasteiger charge is -2.21. The Labute approximate surface area is 118 Å². The molecule has 0 heterocycles. The topological polar surface area (TPSA) is 35.2 Å². The maximum atomic E-state index is 12.4. The van der Waals surface area contributed by atoms with E-state index in [1.54, 1.807) is 24.3 Å². The van der Waals surface area contributed by atoms with E-state index in [2.05, 4.69) is 10.8 Å². The molecule has 1 aromatic carbocycles. The number of nitrogens with two attached hydrogens (primary N) is 1. The molecule has 110 valence electrons. The Morgan fingerprint density at radius 2 is 1.80 bits per heavy atom. The van der Waals surface area contributed by atoms with E-state index in [1.165, 1.54) is 19.3 Å². The smallest absolute Gasteiger partial charge is 0.387 e. The normalized spacial score (nSPS) is 20.7. The van der Waals surface area contributed by atoms with Crippen LogP contribution in [-0.4, -0.2) is 6.61 Å². The standard InChI is InChI=1S/C16H21F2NO/c17-16(18)20-14-11-7-6-10-13(14)15(19)12-8-4-2-1-3-5-9-12/h6-8,10-11,15-16H,1-5,9,19H2/b12-8+. The van der Waals surface area contributed by atoms with Gasteiger partial charge in [-0.05, 0) is 31.7 Å². The molecule has 20 heavy (non-hydrogen) atoms. The number of ether oxygens (including phenoxy) is 1. The number of allylic oxidation sites excluding steroid dienone is 1. The van der Waals surface area contributed by atoms with Crippen molar-refractivity contribution in [3.63, 3.8) is 0 Å². The van der Waals surface area contributed by atoms with Gasteiger partial charge in [0.2, 0.25) is 0 Å². The number of hydrogen-bond donors (Lipinski definition) is 1. The molecule has 2 rings (SSSR count). The fourth-order valence-electron chi connectivity index (χ4n) is 2.64. The van der Waals surface area contributed by atoms with Gasteiger partial charge in [0.1, 0.15) is 5.75 Å². The van der Waals surface area contributed by atoms with Crippen molar-refractivity contribution in [3.8, 4) is 5.75 Å². The van der Waals surface area contributed by atoms with Gasteiger partial charge in [-0.1, -0.05) is 42.7 Å². The molecule has 0 amide bonds. The SMILES string of the molecule is NC(/C1=C/CCCCCC1)c1ccccc1OC(F)F. The Bertz CT molecular complexity index is 460. The van der Waals surface area contributed by atoms with E-state index in [0.717, 1.165) is 24.8 Å². The first-order valence-corrected chi connectivity index (χ1v) is 7.16. The predicted octanol–water partition coefficient (Wildman–Crippen LogP) is 4.57. The molecule has 0 bridgehead atoms. The van der Waals surface area contributed by atoms with Gasteiger partial charge in [0, 0.05) is 5.56 Å². The van der Waals surface area contributed by atoms with Crippen LogP contribution in [0.15, 0.2) is 35.9 Å². The zero-order chi connectivity index (χ0) is 14.4. The van der Waals surface area contributed by atoms with E-state index in [1.807, 2.05) is 0 Å². The highest BCUT2D eigenvalue weighted by molar-refractivity contribution is 5.40. The average Bonchev–Trinajstić information content (AvgIpc) is 2.37. The van der Waals surface area contributed by atoms with Gasteiger partial charge in [-0.3, -0.25) is 0 Å². The first kappa shape index (κ1) is 15.0. The number of para-hydroxylation sites is 1. The van der Waals surface area contributed by atoms with Gasteiger partial charge in [-0.15, -0.1) is 0 Å². The maximum Gasteiger partial charge on any atom is 0.387 e. The Balaban J connectivity index is 2.20. The molecule has 0 spiro atoms. The Morgan fingerprint density at radius 3 is 2.60 bits per heavy atom. The Kier molecular flexibility index (Phi) is 5.53. The number of alkyl halides is 2. The van der Waals surface area contributed by atoms with Gasteiger partial charge in [0.25, 0.3) is 0 Å². The molecule has 1 aromatic rings. The van der Waals surface area contributed by atoms with Gasteiger partial charge in [0.15, 0.2) is 0 Å². The third-order valence-corrected chi connectivity index (χ3v) is 3.70. The highest BCUT2D eigenvalue weighted by atomic mass is 19.3. The van der Waals surface area contributed by atoms with Crippen LogP contribution in [-0.2, 0) is 0 Å². The summed E-state index contributed by atoms with van der Waals surface area (Å²) in [4.78, 5) is 0. The van der Waals surface area contributed by atoms with E-state index in [4.69, 9.17) is 5.73 Å². The molecule has 1 unspecified atom stereocenters. The summed E-state index contributed by atoms with van der Waals surface area (Å²) in [6.45, 7) is -2.82. The fourth-order valence-corrected chi connectivity index (χ4v) is 2.64. The van der Waals surface area contributed by atoms with E-state index < -0.39 is 6.61 Å². The van der Waals surface area contributed by atoms with Crippen LogP contribution in [0.4, 0.5) is 8.78 Å². The molecule has 2 N–H and O–H groups in total. The molecule has 0 saturated heterocycles. The highest BCUT2D eigenvalue weighted by Gasteiger charge is 2.18. The third kappa shape index (κ3) is 4.04. The summed E-state index contributed by atoms with van der Waals surface area (Å²) in [5.41, 5.74) is 8.05. The second kappa shape index (κ2) is 7.39. The maximum absolute atomic E-state index is 12.4. The van der Waals surface area contributed by atoms with E-state index >= 15 is 0 Å². The van der Waals surface area contributed by atoms with Crippen LogP contribution >= 0.6 is 0 Å². The van der Waals surface area contributed by atoms with E-state index in [0.29, 0.717) is 5.56 Å². The Morgan fingerprint density at radius 1 is 1.05 bits per heavy atom. The van der Waals surface area contributed by atoms with Crippen molar-refractivity contribution in [1.29, 1.82) is 0 Å². The summed E-state index contributed by atoms with van der Waals surface area (Å²) in [5.74, 6) is 0.179. The molecular weight excluding hydrogens is 260 g/mol. The second-order valence-corrected chi connectivity index (χ2v) is 5.13. The van der Waals surface area contributed by atoms with Gasteiger partial charge in [0.05, 0.1) is 6.04 Å². The van der Waals surface area contributed by atoms with Gasteiger partial charge < -0.3 is 10.5 Å². The van der Waals surface area contributed by atoms with Gasteiger partial charge >= 0.3 is 6.61 Å². The van der Waals surface area contributed by atoms with Crippen LogP contribution in [0.3, 0.4) is 0 Å². The van der Waals surface area contributed by atoms with Gasteiger partial charge in [-0.2, -0.15) is 8.78 Å². The lowest BCUT2D eigenvalue weighted by molar-refractivity contribution is -0.0505. The van der Waals surface area contributed by atoms with E-state index in [-0.39, 0.29) is 11.8 Å². The minimum absolute atomic E-state index is 0.179. The molecule has 2 nitrogen and oxygen atoms in total. The lowest BCUT2D eigenvalue weighted by Crippen LogP contribution is -2.16. The molecule has 4 heteroatoms. The fraction of sp³-hybridized carbons (Fsp3) is 0.500. The number of benzene rings is 1. The van der Waals surface area contributed by atoms with Crippen LogP contribution in [0.1, 0.15) is 50.1 Å². The minimum Gasteiger partial charge on any atom is -0.434 e. The summed E-state index contributed by atoms with van der Waals surface area (Å²) in [6, 6.07) is 6.44. The molecule has 1 aliphatic carbocycles. The van der Waals surface area contributed by atoms with Crippen molar-refractivity contribution >= 4 is 0 Å². The summed E-state index contributed by atoms with van der Waals surface area (Å²) in [6.07, 6.45) is 8.86. The highest BCUT2D eigenvalue weighted by Crippen LogP contribution is 2.32. The zero-order valence-electron chi connectivity index (χ0n) is 11.5. The summed E-state index contributed by atoms with van der Waals surface area (Å²) >= 11 is 0. The average molecular weight is 281 g/mol. The zero-order valence-corrected chi connectivity index (χ0v) is 11.5. The van der Waals surface area contributed by atoms with Crippen LogP contribution in [0.5, 0.6) is 5.75 Å². The molecule has 0 radical (unpaired) electrons. The van der Waals surface area contributed by atoms with Crippen LogP contribution in [0.25, 0.3) is 0 Å². The molecule has 0 saturated carbocycles. The summed E-state index contributed by atoms with van der Waals surface area (Å²) < 4.78 is 29.5. The van der Waals surface area contributed by atoms with Crippen LogP contribution in [0, 0.1) is 0 Å². The molecule has 0 aliphatic heterocycles.